The van der Waals surface area contributed by atoms with E-state index in [1.165, 1.54) is 0 Å². The summed E-state index contributed by atoms with van der Waals surface area (Å²) < 4.78 is 5.36. The molecule has 1 saturated heterocycles. The molecule has 8 nitrogen and oxygen atoms in total. The van der Waals surface area contributed by atoms with Gasteiger partial charge in [-0.1, -0.05) is 24.3 Å². The zero-order chi connectivity index (χ0) is 19.2. The largest absolute Gasteiger partial charge is 0.496 e. The van der Waals surface area contributed by atoms with Crippen LogP contribution >= 0.6 is 0 Å². The highest BCUT2D eigenvalue weighted by Gasteiger charge is 2.31. The van der Waals surface area contributed by atoms with Crippen molar-refractivity contribution in [2.24, 2.45) is 0 Å². The number of hydrogen-bond donors (Lipinski definition) is 1. The average Bonchev–Trinajstić information content (AvgIpc) is 3.00. The Morgan fingerprint density at radius 2 is 2.04 bits per heavy atom. The van der Waals surface area contributed by atoms with E-state index in [0.717, 1.165) is 16.0 Å². The van der Waals surface area contributed by atoms with E-state index in [-0.39, 0.29) is 25.5 Å². The number of ether oxygens (including phenoxy) is 1. The van der Waals surface area contributed by atoms with Gasteiger partial charge in [0.25, 0.3) is 5.91 Å². The van der Waals surface area contributed by atoms with Crippen LogP contribution in [0.5, 0.6) is 5.75 Å². The van der Waals surface area contributed by atoms with E-state index >= 15 is 0 Å². The molecule has 0 saturated carbocycles. The lowest BCUT2D eigenvalue weighted by atomic mass is 10.1. The van der Waals surface area contributed by atoms with Crippen molar-refractivity contribution in [2.75, 3.05) is 20.2 Å². The Morgan fingerprint density at radius 1 is 1.22 bits per heavy atom. The lowest BCUT2D eigenvalue weighted by Gasteiger charge is -2.25. The van der Waals surface area contributed by atoms with E-state index in [2.05, 4.69) is 10.3 Å². The number of pyridine rings is 1. The molecule has 0 aliphatic carbocycles. The summed E-state index contributed by atoms with van der Waals surface area (Å²) in [5, 5.41) is 2.42. The molecule has 2 aromatic rings. The maximum absolute atomic E-state index is 12.9. The van der Waals surface area contributed by atoms with Gasteiger partial charge in [-0.25, -0.2) is 4.79 Å². The summed E-state index contributed by atoms with van der Waals surface area (Å²) >= 11 is 0. The fourth-order valence-electron chi connectivity index (χ4n) is 2.83. The number of nitrogens with zero attached hydrogens (tertiary/aromatic N) is 3. The molecule has 1 N–H and O–H groups in total. The SMILES string of the molecule is COc1ccccc1CN(Cc1cccnc1)C(=O)CN1C(=O)CNC1=O. The van der Waals surface area contributed by atoms with Crippen molar-refractivity contribution >= 4 is 17.8 Å². The first-order valence-corrected chi connectivity index (χ1v) is 8.45. The zero-order valence-corrected chi connectivity index (χ0v) is 14.9. The number of imide groups is 1. The van der Waals surface area contributed by atoms with Gasteiger partial charge in [0.05, 0.1) is 13.7 Å². The first kappa shape index (κ1) is 18.4. The van der Waals surface area contributed by atoms with E-state index in [1.807, 2.05) is 30.3 Å². The van der Waals surface area contributed by atoms with Crippen LogP contribution in [-0.4, -0.2) is 52.8 Å². The first-order valence-electron chi connectivity index (χ1n) is 8.45. The van der Waals surface area contributed by atoms with Gasteiger partial charge in [0.15, 0.2) is 0 Å². The fraction of sp³-hybridized carbons (Fsp3) is 0.263. The Hall–Kier alpha value is -3.42. The topological polar surface area (TPSA) is 91.8 Å². The molecule has 0 unspecified atom stereocenters. The van der Waals surface area contributed by atoms with Crippen LogP contribution in [0, 0.1) is 0 Å². The van der Waals surface area contributed by atoms with E-state index in [1.54, 1.807) is 30.5 Å². The molecule has 4 amide bonds. The van der Waals surface area contributed by atoms with Crippen LogP contribution in [0.25, 0.3) is 0 Å². The lowest BCUT2D eigenvalue weighted by Crippen LogP contribution is -2.42. The van der Waals surface area contributed by atoms with Crippen molar-refractivity contribution in [1.82, 2.24) is 20.1 Å². The van der Waals surface area contributed by atoms with Crippen molar-refractivity contribution < 1.29 is 19.1 Å². The molecule has 0 bridgehead atoms. The van der Waals surface area contributed by atoms with Gasteiger partial charge in [-0.15, -0.1) is 0 Å². The minimum absolute atomic E-state index is 0.0821. The number of para-hydroxylation sites is 1. The number of nitrogens with one attached hydrogen (secondary N) is 1. The first-order chi connectivity index (χ1) is 13.1. The number of methoxy groups -OCH3 is 1. The molecular weight excluding hydrogens is 348 g/mol. The van der Waals surface area contributed by atoms with Crippen LogP contribution in [0.1, 0.15) is 11.1 Å². The molecule has 1 aromatic heterocycles. The molecule has 0 radical (unpaired) electrons. The minimum atomic E-state index is -0.549. The summed E-state index contributed by atoms with van der Waals surface area (Å²) in [5.41, 5.74) is 1.67. The second-order valence-corrected chi connectivity index (χ2v) is 6.06. The summed E-state index contributed by atoms with van der Waals surface area (Å²) in [6, 6.07) is 10.5. The summed E-state index contributed by atoms with van der Waals surface area (Å²) in [4.78, 5) is 43.0. The van der Waals surface area contributed by atoms with Gasteiger partial charge in [-0.2, -0.15) is 0 Å². The van der Waals surface area contributed by atoms with Gasteiger partial charge in [0.1, 0.15) is 12.3 Å². The van der Waals surface area contributed by atoms with Crippen LogP contribution < -0.4 is 10.1 Å². The van der Waals surface area contributed by atoms with Crippen molar-refractivity contribution in [3.05, 3.63) is 59.9 Å². The number of benzene rings is 1. The maximum Gasteiger partial charge on any atom is 0.325 e. The molecule has 27 heavy (non-hydrogen) atoms. The summed E-state index contributed by atoms with van der Waals surface area (Å²) in [7, 11) is 1.57. The van der Waals surface area contributed by atoms with E-state index in [9.17, 15) is 14.4 Å². The quantitative estimate of drug-likeness (QED) is 0.741. The normalized spacial score (nSPS) is 13.4. The predicted octanol–water partition coefficient (Wildman–Crippen LogP) is 1.17. The average molecular weight is 368 g/mol. The van der Waals surface area contributed by atoms with Gasteiger partial charge < -0.3 is 15.0 Å². The molecule has 0 atom stereocenters. The summed E-state index contributed by atoms with van der Waals surface area (Å²) in [5.74, 6) is -0.0846. The van der Waals surface area contributed by atoms with Gasteiger partial charge >= 0.3 is 6.03 Å². The van der Waals surface area contributed by atoms with Crippen LogP contribution in [-0.2, 0) is 22.7 Å². The van der Waals surface area contributed by atoms with Gasteiger partial charge in [0, 0.05) is 31.0 Å². The van der Waals surface area contributed by atoms with Crippen molar-refractivity contribution in [2.45, 2.75) is 13.1 Å². The van der Waals surface area contributed by atoms with E-state index in [0.29, 0.717) is 12.3 Å². The van der Waals surface area contributed by atoms with Gasteiger partial charge in [-0.05, 0) is 17.7 Å². The Labute approximate surface area is 156 Å². The second kappa shape index (κ2) is 8.31. The third kappa shape index (κ3) is 4.41. The van der Waals surface area contributed by atoms with E-state index in [4.69, 9.17) is 4.74 Å². The van der Waals surface area contributed by atoms with E-state index < -0.39 is 11.9 Å². The number of aromatic nitrogens is 1. The van der Waals surface area contributed by atoms with Crippen LogP contribution in [0.4, 0.5) is 4.79 Å². The van der Waals surface area contributed by atoms with Crippen LogP contribution in [0.3, 0.4) is 0 Å². The van der Waals surface area contributed by atoms with Crippen molar-refractivity contribution in [3.63, 3.8) is 0 Å². The van der Waals surface area contributed by atoms with Gasteiger partial charge in [0.2, 0.25) is 5.91 Å². The standard InChI is InChI=1S/C19H20N4O4/c1-27-16-7-3-2-6-15(16)12-22(11-14-5-4-8-20-9-14)18(25)13-23-17(24)10-21-19(23)26/h2-9H,10-13H2,1H3,(H,21,26). The Morgan fingerprint density at radius 3 is 2.70 bits per heavy atom. The molecular formula is C19H20N4O4. The maximum atomic E-state index is 12.9. The van der Waals surface area contributed by atoms with Crippen LogP contribution in [0.2, 0.25) is 0 Å². The number of carbonyl (C=O) groups excluding carboxylic acids is 3. The number of hydrogen-bond acceptors (Lipinski definition) is 5. The van der Waals surface area contributed by atoms with Crippen molar-refractivity contribution in [1.29, 1.82) is 0 Å². The smallest absolute Gasteiger partial charge is 0.325 e. The molecule has 0 spiro atoms. The second-order valence-electron chi connectivity index (χ2n) is 6.06. The predicted molar refractivity (Wildman–Crippen MR) is 96.6 cm³/mol. The molecule has 140 valence electrons. The Balaban J connectivity index is 1.81. The Bertz CT molecular complexity index is 825. The highest BCUT2D eigenvalue weighted by atomic mass is 16.5. The third-order valence-electron chi connectivity index (χ3n) is 4.23. The number of carbonyl (C=O) groups is 3. The lowest BCUT2D eigenvalue weighted by molar-refractivity contribution is -0.137. The van der Waals surface area contributed by atoms with Gasteiger partial charge in [-0.3, -0.25) is 19.5 Å². The molecule has 3 rings (SSSR count). The molecule has 2 heterocycles. The zero-order valence-electron chi connectivity index (χ0n) is 14.9. The Kier molecular flexibility index (Phi) is 5.65. The fourth-order valence-corrected chi connectivity index (χ4v) is 2.83. The molecule has 1 aliphatic rings. The molecule has 1 aromatic carbocycles. The summed E-state index contributed by atoms with van der Waals surface area (Å²) in [6.45, 7) is 0.192. The summed E-state index contributed by atoms with van der Waals surface area (Å²) in [6.07, 6.45) is 3.33. The molecule has 8 heteroatoms. The highest BCUT2D eigenvalue weighted by Crippen LogP contribution is 2.20. The van der Waals surface area contributed by atoms with Crippen molar-refractivity contribution in [3.8, 4) is 5.75 Å². The molecule has 1 aliphatic heterocycles. The minimum Gasteiger partial charge on any atom is -0.496 e. The monoisotopic (exact) mass is 368 g/mol. The highest BCUT2D eigenvalue weighted by molar-refractivity contribution is 6.04. The molecule has 1 fully saturated rings. The number of amides is 4. The van der Waals surface area contributed by atoms with Crippen LogP contribution in [0.15, 0.2) is 48.8 Å². The third-order valence-corrected chi connectivity index (χ3v) is 4.23. The number of rotatable bonds is 7. The number of urea groups is 1.